The molecule has 0 saturated carbocycles. The Morgan fingerprint density at radius 3 is 1.71 bits per heavy atom. The second-order valence-corrected chi connectivity index (χ2v) is 16.0. The number of cyclic esters (lactones) is 1. The molecule has 0 spiro atoms. The predicted octanol–water partition coefficient (Wildman–Crippen LogP) is 2.23. The maximum Gasteiger partial charge on any atom is 0.312 e. The van der Waals surface area contributed by atoms with E-state index < -0.39 is 16.5 Å². The lowest BCUT2D eigenvalue weighted by Crippen LogP contribution is -2.67. The maximum absolute atomic E-state index is 10.9. The molecule has 0 aromatic rings. The number of carbonyl (C=O) groups excluding carboxylic acids is 1. The Morgan fingerprint density at radius 1 is 1.14 bits per heavy atom. The van der Waals surface area contributed by atoms with Gasteiger partial charge in [-0.3, -0.25) is 4.79 Å². The quantitative estimate of drug-likeness (QED) is 0.551. The van der Waals surface area contributed by atoms with Gasteiger partial charge in [-0.05, 0) is 0 Å². The second-order valence-electron chi connectivity index (χ2n) is 5.86. The van der Waals surface area contributed by atoms with Crippen LogP contribution < -0.4 is 0 Å². The predicted molar refractivity (Wildman–Crippen MR) is 63.0 cm³/mol. The molecule has 5 heteroatoms. The fraction of sp³-hybridized carbons (Fsp3) is 0.889. The van der Waals surface area contributed by atoms with Gasteiger partial charge in [0.1, 0.15) is 16.5 Å². The van der Waals surface area contributed by atoms with Crippen LogP contribution in [0, 0.1) is 0 Å². The summed E-state index contributed by atoms with van der Waals surface area (Å²) in [7, 11) is -2.73. The standard InChI is InChI=1S/C9H21NO2Si2/c1-13(2,3)10(14(4,5)6)8-7-9(11)12-8/h8H,7H2,1-6H3. The highest BCUT2D eigenvalue weighted by atomic mass is 28.4. The van der Waals surface area contributed by atoms with Crippen molar-refractivity contribution in [3.8, 4) is 0 Å². The number of ether oxygens (including phenoxy) is 1. The smallest absolute Gasteiger partial charge is 0.312 e. The molecular formula is C9H21NO2Si2. The summed E-state index contributed by atoms with van der Waals surface area (Å²) in [6, 6.07) is 0. The van der Waals surface area contributed by atoms with E-state index in [-0.39, 0.29) is 12.2 Å². The molecule has 0 amide bonds. The second kappa shape index (κ2) is 3.46. The molecule has 1 aliphatic heterocycles. The van der Waals surface area contributed by atoms with Crippen molar-refractivity contribution in [1.82, 2.24) is 4.23 Å². The van der Waals surface area contributed by atoms with Gasteiger partial charge in [0.15, 0.2) is 6.23 Å². The Kier molecular flexibility index (Phi) is 2.95. The molecule has 1 aliphatic rings. The van der Waals surface area contributed by atoms with Crippen molar-refractivity contribution in [3.63, 3.8) is 0 Å². The molecule has 14 heavy (non-hydrogen) atoms. The Bertz CT molecular complexity index is 220. The van der Waals surface area contributed by atoms with Gasteiger partial charge in [-0.2, -0.15) is 0 Å². The van der Waals surface area contributed by atoms with Crippen LogP contribution in [0.25, 0.3) is 0 Å². The van der Waals surface area contributed by atoms with Crippen LogP contribution in [0.2, 0.25) is 39.3 Å². The highest BCUT2D eigenvalue weighted by molar-refractivity contribution is 6.89. The van der Waals surface area contributed by atoms with E-state index in [0.717, 1.165) is 0 Å². The van der Waals surface area contributed by atoms with Crippen molar-refractivity contribution < 1.29 is 9.53 Å². The highest BCUT2D eigenvalue weighted by Gasteiger charge is 2.45. The van der Waals surface area contributed by atoms with Gasteiger partial charge in [-0.25, -0.2) is 0 Å². The molecule has 1 heterocycles. The zero-order valence-electron chi connectivity index (χ0n) is 10.0. The summed E-state index contributed by atoms with van der Waals surface area (Å²) in [5, 5.41) is 0. The first kappa shape index (κ1) is 11.9. The van der Waals surface area contributed by atoms with E-state index in [1.165, 1.54) is 0 Å². The van der Waals surface area contributed by atoms with Gasteiger partial charge in [-0.1, -0.05) is 39.3 Å². The minimum atomic E-state index is -1.37. The summed E-state index contributed by atoms with van der Waals surface area (Å²) in [5.74, 6) is -0.0449. The fourth-order valence-electron chi connectivity index (χ4n) is 2.30. The van der Waals surface area contributed by atoms with Crippen LogP contribution in [0.3, 0.4) is 0 Å². The van der Waals surface area contributed by atoms with Crippen molar-refractivity contribution >= 4 is 22.4 Å². The van der Waals surface area contributed by atoms with Crippen molar-refractivity contribution in [2.24, 2.45) is 0 Å². The third kappa shape index (κ3) is 2.46. The Hall–Kier alpha value is -0.136. The molecule has 0 radical (unpaired) electrons. The van der Waals surface area contributed by atoms with E-state index in [1.54, 1.807) is 0 Å². The van der Waals surface area contributed by atoms with Crippen molar-refractivity contribution in [2.75, 3.05) is 0 Å². The van der Waals surface area contributed by atoms with E-state index in [9.17, 15) is 4.79 Å². The molecule has 0 aromatic heterocycles. The molecule has 0 aromatic carbocycles. The lowest BCUT2D eigenvalue weighted by molar-refractivity contribution is -0.177. The van der Waals surface area contributed by atoms with E-state index in [1.807, 2.05) is 0 Å². The summed E-state index contributed by atoms with van der Waals surface area (Å²) in [6.07, 6.45) is 0.676. The molecule has 0 aliphatic carbocycles. The maximum atomic E-state index is 10.9. The summed E-state index contributed by atoms with van der Waals surface area (Å²) in [4.78, 5) is 10.9. The molecule has 0 bridgehead atoms. The summed E-state index contributed by atoms with van der Waals surface area (Å²) < 4.78 is 7.74. The summed E-state index contributed by atoms with van der Waals surface area (Å²) >= 11 is 0. The SMILES string of the molecule is C[Si](C)(C)N(C1CC(=O)O1)[Si](C)(C)C. The number of hydrogen-bond acceptors (Lipinski definition) is 3. The molecular weight excluding hydrogens is 210 g/mol. The molecule has 1 unspecified atom stereocenters. The molecule has 82 valence electrons. The van der Waals surface area contributed by atoms with Gasteiger partial charge < -0.3 is 8.97 Å². The molecule has 0 N–H and O–H groups in total. The Labute approximate surface area is 88.6 Å². The van der Waals surface area contributed by atoms with E-state index in [0.29, 0.717) is 6.42 Å². The normalized spacial score (nSPS) is 23.4. The zero-order chi connectivity index (χ0) is 11.1. The van der Waals surface area contributed by atoms with E-state index in [4.69, 9.17) is 4.74 Å². The fourth-order valence-corrected chi connectivity index (χ4v) is 12.4. The third-order valence-corrected chi connectivity index (χ3v) is 9.83. The zero-order valence-corrected chi connectivity index (χ0v) is 12.0. The van der Waals surface area contributed by atoms with Gasteiger partial charge in [0, 0.05) is 0 Å². The Morgan fingerprint density at radius 2 is 1.50 bits per heavy atom. The average molecular weight is 231 g/mol. The molecule has 1 fully saturated rings. The van der Waals surface area contributed by atoms with E-state index in [2.05, 4.69) is 43.5 Å². The van der Waals surface area contributed by atoms with Crippen LogP contribution in [-0.4, -0.2) is 32.9 Å². The van der Waals surface area contributed by atoms with Crippen molar-refractivity contribution in [3.05, 3.63) is 0 Å². The molecule has 3 nitrogen and oxygen atoms in total. The Balaban J connectivity index is 2.79. The first-order valence-electron chi connectivity index (χ1n) is 5.11. The van der Waals surface area contributed by atoms with Crippen molar-refractivity contribution in [1.29, 1.82) is 0 Å². The van der Waals surface area contributed by atoms with Crippen LogP contribution in [0.4, 0.5) is 0 Å². The number of esters is 1. The van der Waals surface area contributed by atoms with Gasteiger partial charge in [0.2, 0.25) is 0 Å². The largest absolute Gasteiger partial charge is 0.447 e. The van der Waals surface area contributed by atoms with Gasteiger partial charge in [-0.15, -0.1) is 0 Å². The monoisotopic (exact) mass is 231 g/mol. The number of rotatable bonds is 3. The summed E-state index contributed by atoms with van der Waals surface area (Å²) in [6.45, 7) is 13.9. The first-order chi connectivity index (χ1) is 6.12. The number of hydrogen-bond donors (Lipinski definition) is 0. The molecule has 1 rings (SSSR count). The number of carbonyl (C=O) groups is 1. The lowest BCUT2D eigenvalue weighted by atomic mass is 10.3. The van der Waals surface area contributed by atoms with Crippen LogP contribution >= 0.6 is 0 Å². The van der Waals surface area contributed by atoms with Crippen LogP contribution in [0.15, 0.2) is 0 Å². The number of nitrogens with zero attached hydrogens (tertiary/aromatic N) is 1. The molecule has 1 saturated heterocycles. The van der Waals surface area contributed by atoms with Gasteiger partial charge in [0.05, 0.1) is 6.42 Å². The third-order valence-electron chi connectivity index (χ3n) is 2.34. The van der Waals surface area contributed by atoms with Crippen LogP contribution in [0.5, 0.6) is 0 Å². The van der Waals surface area contributed by atoms with E-state index >= 15 is 0 Å². The minimum absolute atomic E-state index is 0.0449. The topological polar surface area (TPSA) is 29.5 Å². The van der Waals surface area contributed by atoms with Crippen molar-refractivity contribution in [2.45, 2.75) is 51.9 Å². The lowest BCUT2D eigenvalue weighted by Gasteiger charge is -2.50. The molecule has 1 atom stereocenters. The highest BCUT2D eigenvalue weighted by Crippen LogP contribution is 2.29. The average Bonchev–Trinajstić information content (AvgIpc) is 1.76. The first-order valence-corrected chi connectivity index (χ1v) is 12.0. The van der Waals surface area contributed by atoms with Gasteiger partial charge in [0.25, 0.3) is 0 Å². The van der Waals surface area contributed by atoms with Crippen LogP contribution in [-0.2, 0) is 9.53 Å². The van der Waals surface area contributed by atoms with Gasteiger partial charge >= 0.3 is 5.97 Å². The van der Waals surface area contributed by atoms with Crippen LogP contribution in [0.1, 0.15) is 6.42 Å². The minimum Gasteiger partial charge on any atom is -0.447 e. The summed E-state index contributed by atoms with van der Waals surface area (Å²) in [5.41, 5.74) is 0.